The van der Waals surface area contributed by atoms with Gasteiger partial charge in [0.1, 0.15) is 5.56 Å². The highest BCUT2D eigenvalue weighted by atomic mass is 16.5. The topological polar surface area (TPSA) is 47.4 Å². The summed E-state index contributed by atoms with van der Waals surface area (Å²) in [6, 6.07) is 0. The van der Waals surface area contributed by atoms with Crippen LogP contribution in [0.4, 0.5) is 0 Å². The van der Waals surface area contributed by atoms with Crippen molar-refractivity contribution in [2.75, 3.05) is 19.7 Å². The van der Waals surface area contributed by atoms with Crippen LogP contribution < -0.4 is 0 Å². The Balaban J connectivity index is 2.86. The fourth-order valence-electron chi connectivity index (χ4n) is 1.91. The monoisotopic (exact) mass is 253 g/mol. The summed E-state index contributed by atoms with van der Waals surface area (Å²) >= 11 is 0. The van der Waals surface area contributed by atoms with Crippen LogP contribution in [0, 0.1) is 0 Å². The molecule has 5 heteroatoms. The van der Waals surface area contributed by atoms with Crippen molar-refractivity contribution in [2.24, 2.45) is 7.05 Å². The van der Waals surface area contributed by atoms with Crippen molar-refractivity contribution in [1.82, 2.24) is 14.7 Å². The number of rotatable bonds is 7. The van der Waals surface area contributed by atoms with E-state index in [2.05, 4.69) is 23.8 Å². The molecule has 0 amide bonds. The number of aromatic nitrogens is 2. The van der Waals surface area contributed by atoms with Gasteiger partial charge in [-0.05, 0) is 26.4 Å². The van der Waals surface area contributed by atoms with Gasteiger partial charge in [0.05, 0.1) is 18.5 Å². The van der Waals surface area contributed by atoms with Gasteiger partial charge in [-0.2, -0.15) is 5.10 Å². The van der Waals surface area contributed by atoms with Gasteiger partial charge in [-0.25, -0.2) is 4.79 Å². The molecule has 18 heavy (non-hydrogen) atoms. The summed E-state index contributed by atoms with van der Waals surface area (Å²) in [5.74, 6) is -0.284. The summed E-state index contributed by atoms with van der Waals surface area (Å²) in [6.45, 7) is 9.18. The summed E-state index contributed by atoms with van der Waals surface area (Å²) in [5, 5.41) is 4.16. The zero-order valence-corrected chi connectivity index (χ0v) is 11.8. The second kappa shape index (κ2) is 7.16. The van der Waals surface area contributed by atoms with Gasteiger partial charge in [-0.3, -0.25) is 9.58 Å². The Bertz CT molecular complexity index is 388. The normalized spacial score (nSPS) is 10.9. The van der Waals surface area contributed by atoms with Crippen LogP contribution in [0.1, 0.15) is 43.2 Å². The number of esters is 1. The van der Waals surface area contributed by atoms with Crippen LogP contribution in [0.5, 0.6) is 0 Å². The predicted molar refractivity (Wildman–Crippen MR) is 70.4 cm³/mol. The summed E-state index contributed by atoms with van der Waals surface area (Å²) < 4.78 is 6.80. The molecule has 0 bridgehead atoms. The quantitative estimate of drug-likeness (QED) is 0.696. The Hall–Kier alpha value is -1.36. The van der Waals surface area contributed by atoms with Crippen molar-refractivity contribution in [3.8, 4) is 0 Å². The molecule has 1 aromatic rings. The number of hydrogen-bond acceptors (Lipinski definition) is 4. The number of carbonyl (C=O) groups is 1. The highest BCUT2D eigenvalue weighted by molar-refractivity contribution is 5.90. The van der Waals surface area contributed by atoms with Crippen molar-refractivity contribution in [3.05, 3.63) is 17.5 Å². The molecule has 0 aliphatic heterocycles. The third-order valence-corrected chi connectivity index (χ3v) is 2.92. The first kappa shape index (κ1) is 14.7. The van der Waals surface area contributed by atoms with Crippen LogP contribution in [0.25, 0.3) is 0 Å². The first-order chi connectivity index (χ1) is 8.63. The van der Waals surface area contributed by atoms with Gasteiger partial charge in [0, 0.05) is 13.6 Å². The molecule has 0 radical (unpaired) electrons. The minimum atomic E-state index is -0.284. The van der Waals surface area contributed by atoms with Crippen molar-refractivity contribution >= 4 is 5.97 Å². The molecule has 0 aliphatic carbocycles. The van der Waals surface area contributed by atoms with Crippen molar-refractivity contribution in [2.45, 2.75) is 33.7 Å². The maximum absolute atomic E-state index is 11.8. The van der Waals surface area contributed by atoms with E-state index in [4.69, 9.17) is 4.74 Å². The Kier molecular flexibility index (Phi) is 5.85. The van der Waals surface area contributed by atoms with Crippen LogP contribution in [-0.4, -0.2) is 40.3 Å². The van der Waals surface area contributed by atoms with Crippen LogP contribution in [-0.2, 0) is 18.3 Å². The fraction of sp³-hybridized carbons (Fsp3) is 0.692. The third kappa shape index (κ3) is 3.57. The van der Waals surface area contributed by atoms with E-state index in [1.807, 2.05) is 14.0 Å². The van der Waals surface area contributed by atoms with E-state index >= 15 is 0 Å². The van der Waals surface area contributed by atoms with Gasteiger partial charge >= 0.3 is 5.97 Å². The molecular weight excluding hydrogens is 230 g/mol. The van der Waals surface area contributed by atoms with E-state index in [0.29, 0.717) is 12.2 Å². The van der Waals surface area contributed by atoms with E-state index in [1.54, 1.807) is 10.9 Å². The minimum Gasteiger partial charge on any atom is -0.462 e. The molecule has 0 unspecified atom stereocenters. The average molecular weight is 253 g/mol. The molecule has 1 heterocycles. The van der Waals surface area contributed by atoms with E-state index in [-0.39, 0.29) is 5.97 Å². The summed E-state index contributed by atoms with van der Waals surface area (Å²) in [5.41, 5.74) is 1.50. The molecule has 0 aliphatic rings. The summed E-state index contributed by atoms with van der Waals surface area (Å²) in [6.07, 6.45) is 2.69. The molecule has 5 nitrogen and oxygen atoms in total. The van der Waals surface area contributed by atoms with Crippen molar-refractivity contribution in [3.63, 3.8) is 0 Å². The average Bonchev–Trinajstić information content (AvgIpc) is 2.71. The predicted octanol–water partition coefficient (Wildman–Crippen LogP) is 1.83. The third-order valence-electron chi connectivity index (χ3n) is 2.92. The second-order valence-electron chi connectivity index (χ2n) is 4.22. The van der Waals surface area contributed by atoms with Gasteiger partial charge in [-0.15, -0.1) is 0 Å². The van der Waals surface area contributed by atoms with Gasteiger partial charge < -0.3 is 4.74 Å². The lowest BCUT2D eigenvalue weighted by Gasteiger charge is -2.20. The number of ether oxygens (including phenoxy) is 1. The Morgan fingerprint density at radius 2 is 2.17 bits per heavy atom. The smallest absolute Gasteiger partial charge is 0.341 e. The summed E-state index contributed by atoms with van der Waals surface area (Å²) in [4.78, 5) is 14.1. The molecule has 1 rings (SSSR count). The van der Waals surface area contributed by atoms with Crippen LogP contribution >= 0.6 is 0 Å². The molecule has 0 spiro atoms. The van der Waals surface area contributed by atoms with E-state index in [0.717, 1.165) is 31.7 Å². The van der Waals surface area contributed by atoms with Gasteiger partial charge in [0.2, 0.25) is 0 Å². The van der Waals surface area contributed by atoms with E-state index in [9.17, 15) is 4.79 Å². The lowest BCUT2D eigenvalue weighted by molar-refractivity contribution is 0.0523. The lowest BCUT2D eigenvalue weighted by atomic mass is 10.2. The molecule has 0 saturated carbocycles. The molecule has 102 valence electrons. The highest BCUT2D eigenvalue weighted by Crippen LogP contribution is 2.12. The number of aryl methyl sites for hydroxylation is 1. The second-order valence-corrected chi connectivity index (χ2v) is 4.22. The highest BCUT2D eigenvalue weighted by Gasteiger charge is 2.18. The molecule has 0 atom stereocenters. The Morgan fingerprint density at radius 1 is 1.44 bits per heavy atom. The molecule has 0 saturated heterocycles. The Labute approximate surface area is 109 Å². The number of carbonyl (C=O) groups excluding carboxylic acids is 1. The molecule has 0 aromatic carbocycles. The standard InChI is InChI=1S/C13H23N3O2/c1-5-8-16(6-2)10-12-11(9-14-15(12)4)13(17)18-7-3/h9H,5-8,10H2,1-4H3. The van der Waals surface area contributed by atoms with Crippen LogP contribution in [0.2, 0.25) is 0 Å². The first-order valence-corrected chi connectivity index (χ1v) is 6.54. The maximum atomic E-state index is 11.8. The minimum absolute atomic E-state index is 0.284. The summed E-state index contributed by atoms with van der Waals surface area (Å²) in [7, 11) is 1.86. The van der Waals surface area contributed by atoms with Gasteiger partial charge in [0.25, 0.3) is 0 Å². The van der Waals surface area contributed by atoms with E-state index in [1.165, 1.54) is 0 Å². The molecule has 0 N–H and O–H groups in total. The molecule has 1 aromatic heterocycles. The molecular formula is C13H23N3O2. The number of hydrogen-bond donors (Lipinski definition) is 0. The number of nitrogens with zero attached hydrogens (tertiary/aromatic N) is 3. The van der Waals surface area contributed by atoms with Crippen LogP contribution in [0.3, 0.4) is 0 Å². The SMILES string of the molecule is CCCN(CC)Cc1c(C(=O)OCC)cnn1C. The van der Waals surface area contributed by atoms with Crippen molar-refractivity contribution in [1.29, 1.82) is 0 Å². The van der Waals surface area contributed by atoms with Gasteiger partial charge in [-0.1, -0.05) is 13.8 Å². The van der Waals surface area contributed by atoms with E-state index < -0.39 is 0 Å². The lowest BCUT2D eigenvalue weighted by Crippen LogP contribution is -2.26. The van der Waals surface area contributed by atoms with Crippen molar-refractivity contribution < 1.29 is 9.53 Å². The Morgan fingerprint density at radius 3 is 2.72 bits per heavy atom. The fourth-order valence-corrected chi connectivity index (χ4v) is 1.91. The zero-order valence-electron chi connectivity index (χ0n) is 11.8. The maximum Gasteiger partial charge on any atom is 0.341 e. The molecule has 0 fully saturated rings. The van der Waals surface area contributed by atoms with Gasteiger partial charge in [0.15, 0.2) is 0 Å². The van der Waals surface area contributed by atoms with Crippen LogP contribution in [0.15, 0.2) is 6.20 Å². The zero-order chi connectivity index (χ0) is 13.5. The largest absolute Gasteiger partial charge is 0.462 e. The first-order valence-electron chi connectivity index (χ1n) is 6.54.